The summed E-state index contributed by atoms with van der Waals surface area (Å²) in [6, 6.07) is 6.78. The molecule has 1 aliphatic heterocycles. The van der Waals surface area contributed by atoms with E-state index in [2.05, 4.69) is 15.6 Å². The Hall–Kier alpha value is -3.40. The van der Waals surface area contributed by atoms with Crippen LogP contribution in [0.2, 0.25) is 0 Å². The van der Waals surface area contributed by atoms with Crippen molar-refractivity contribution in [3.05, 3.63) is 42.2 Å². The monoisotopic (exact) mass is 486 g/mol. The quantitative estimate of drug-likeness (QED) is 0.478. The summed E-state index contributed by atoms with van der Waals surface area (Å²) >= 11 is 0. The van der Waals surface area contributed by atoms with Crippen molar-refractivity contribution in [3.63, 3.8) is 0 Å². The average Bonchev–Trinajstić information content (AvgIpc) is 3.57. The number of imidazole rings is 1. The van der Waals surface area contributed by atoms with Crippen molar-refractivity contribution in [1.29, 1.82) is 0 Å². The van der Waals surface area contributed by atoms with E-state index in [-0.39, 0.29) is 23.1 Å². The molecule has 3 aromatic rings. The number of ether oxygens (including phenoxy) is 3. The fourth-order valence-corrected chi connectivity index (χ4v) is 4.34. The fraction of sp³-hybridized carbons (Fsp3) is 0.440. The smallest absolute Gasteiger partial charge is 0.387 e. The number of alkyl halides is 2. The molecule has 2 aliphatic rings. The number of benzene rings is 1. The number of carbonyl (C=O) groups excluding carboxylic acids is 1. The Kier molecular flexibility index (Phi) is 6.72. The van der Waals surface area contributed by atoms with Crippen molar-refractivity contribution in [3.8, 4) is 28.5 Å². The van der Waals surface area contributed by atoms with Gasteiger partial charge in [-0.3, -0.25) is 9.20 Å². The van der Waals surface area contributed by atoms with E-state index in [1.165, 1.54) is 13.2 Å². The van der Waals surface area contributed by atoms with Crippen molar-refractivity contribution in [1.82, 2.24) is 20.0 Å². The van der Waals surface area contributed by atoms with Crippen LogP contribution in [0.15, 0.2) is 36.7 Å². The lowest BCUT2D eigenvalue weighted by Gasteiger charge is -2.22. The minimum Gasteiger partial charge on any atom is -0.496 e. The van der Waals surface area contributed by atoms with Crippen LogP contribution >= 0.6 is 0 Å². The largest absolute Gasteiger partial charge is 0.496 e. The second kappa shape index (κ2) is 10.1. The zero-order valence-corrected chi connectivity index (χ0v) is 19.4. The number of pyridine rings is 1. The average molecular weight is 487 g/mol. The Bertz CT molecular complexity index is 1210. The highest BCUT2D eigenvalue weighted by Gasteiger charge is 2.29. The molecule has 3 heterocycles. The number of amides is 1. The highest BCUT2D eigenvalue weighted by molar-refractivity contribution is 6.01. The number of hydrogen-bond acceptors (Lipinski definition) is 6. The highest BCUT2D eigenvalue weighted by Crippen LogP contribution is 2.37. The standard InChI is InChI=1S/C25H28F2N4O4/c1-33-20-9-16(10-21(35-25(26)27)23(20)24(32)30-17-4-5-17)19-13-29-22-11-18(6-8-31(19)22)34-14-15-3-2-7-28-12-15/h6,8-11,13,15,17,25,28H,2-5,7,12,14H2,1H3,(H,30,32)/t15-/m1/s1. The summed E-state index contributed by atoms with van der Waals surface area (Å²) in [6.07, 6.45) is 7.47. The third kappa shape index (κ3) is 5.32. The first-order valence-electron chi connectivity index (χ1n) is 11.8. The Balaban J connectivity index is 1.44. The van der Waals surface area contributed by atoms with Gasteiger partial charge in [0.25, 0.3) is 5.91 Å². The van der Waals surface area contributed by atoms with Gasteiger partial charge in [0.2, 0.25) is 0 Å². The molecule has 1 saturated heterocycles. The molecule has 0 bridgehead atoms. The van der Waals surface area contributed by atoms with Crippen LogP contribution < -0.4 is 24.8 Å². The number of nitrogens with one attached hydrogen (secondary N) is 2. The van der Waals surface area contributed by atoms with Gasteiger partial charge >= 0.3 is 6.61 Å². The third-order valence-corrected chi connectivity index (χ3v) is 6.31. The van der Waals surface area contributed by atoms with Crippen LogP contribution in [0.25, 0.3) is 16.9 Å². The second-order valence-electron chi connectivity index (χ2n) is 8.94. The van der Waals surface area contributed by atoms with Gasteiger partial charge in [-0.2, -0.15) is 8.78 Å². The van der Waals surface area contributed by atoms with Crippen LogP contribution in [-0.4, -0.2) is 54.8 Å². The molecule has 186 valence electrons. The predicted molar refractivity (Wildman–Crippen MR) is 125 cm³/mol. The predicted octanol–water partition coefficient (Wildman–Crippen LogP) is 3.88. The van der Waals surface area contributed by atoms with E-state index in [0.29, 0.717) is 35.2 Å². The minimum atomic E-state index is -3.09. The summed E-state index contributed by atoms with van der Waals surface area (Å²) in [5.74, 6) is 0.591. The van der Waals surface area contributed by atoms with E-state index >= 15 is 0 Å². The molecule has 5 rings (SSSR count). The molecule has 2 N–H and O–H groups in total. The SMILES string of the molecule is COc1cc(-c2cnc3cc(OC[C@@H]4CCCNC4)ccn23)cc(OC(F)F)c1C(=O)NC1CC1. The molecule has 1 saturated carbocycles. The summed E-state index contributed by atoms with van der Waals surface area (Å²) in [5, 5.41) is 6.19. The first-order chi connectivity index (χ1) is 17.0. The van der Waals surface area contributed by atoms with Gasteiger partial charge < -0.3 is 24.8 Å². The van der Waals surface area contributed by atoms with Crippen LogP contribution in [0.3, 0.4) is 0 Å². The maximum Gasteiger partial charge on any atom is 0.387 e. The van der Waals surface area contributed by atoms with E-state index in [4.69, 9.17) is 14.2 Å². The summed E-state index contributed by atoms with van der Waals surface area (Å²) in [6.45, 7) is -0.453. The number of aromatic nitrogens is 2. The molecule has 0 radical (unpaired) electrons. The number of rotatable bonds is 9. The number of fused-ring (bicyclic) bond motifs is 1. The van der Waals surface area contributed by atoms with E-state index in [1.807, 2.05) is 22.7 Å². The lowest BCUT2D eigenvalue weighted by molar-refractivity contribution is -0.0502. The van der Waals surface area contributed by atoms with Crippen LogP contribution in [0.4, 0.5) is 8.78 Å². The lowest BCUT2D eigenvalue weighted by atomic mass is 10.0. The van der Waals surface area contributed by atoms with Crippen LogP contribution in [0, 0.1) is 5.92 Å². The molecule has 0 unspecified atom stereocenters. The van der Waals surface area contributed by atoms with Crippen LogP contribution in [0.1, 0.15) is 36.0 Å². The number of nitrogens with zero attached hydrogens (tertiary/aromatic N) is 2. The number of carbonyl (C=O) groups is 1. The minimum absolute atomic E-state index is 0.0508. The topological polar surface area (TPSA) is 86.1 Å². The summed E-state index contributed by atoms with van der Waals surface area (Å²) in [5.41, 5.74) is 1.75. The molecule has 0 spiro atoms. The van der Waals surface area contributed by atoms with E-state index in [9.17, 15) is 13.6 Å². The van der Waals surface area contributed by atoms with Crippen molar-refractivity contribution < 1.29 is 27.8 Å². The first kappa shape index (κ1) is 23.3. The van der Waals surface area contributed by atoms with Crippen molar-refractivity contribution in [2.75, 3.05) is 26.8 Å². The molecule has 2 aromatic heterocycles. The maximum absolute atomic E-state index is 13.2. The van der Waals surface area contributed by atoms with Gasteiger partial charge in [0.1, 0.15) is 28.5 Å². The van der Waals surface area contributed by atoms with Crippen LogP contribution in [-0.2, 0) is 0 Å². The molecule has 1 amide bonds. The molecule has 35 heavy (non-hydrogen) atoms. The summed E-state index contributed by atoms with van der Waals surface area (Å²) < 4.78 is 44.4. The zero-order valence-electron chi connectivity index (χ0n) is 19.4. The van der Waals surface area contributed by atoms with E-state index < -0.39 is 12.5 Å². The maximum atomic E-state index is 13.2. The molecular formula is C25H28F2N4O4. The molecule has 2 fully saturated rings. The second-order valence-corrected chi connectivity index (χ2v) is 8.94. The number of halogens is 2. The number of methoxy groups -OCH3 is 1. The molecule has 1 aromatic carbocycles. The third-order valence-electron chi connectivity index (χ3n) is 6.31. The lowest BCUT2D eigenvalue weighted by Crippen LogP contribution is -2.33. The Morgan fingerprint density at radius 3 is 2.80 bits per heavy atom. The van der Waals surface area contributed by atoms with Gasteiger partial charge in [-0.05, 0) is 50.4 Å². The van der Waals surface area contributed by atoms with Crippen molar-refractivity contribution in [2.24, 2.45) is 5.92 Å². The molecular weight excluding hydrogens is 458 g/mol. The Labute approximate surface area is 201 Å². The molecule has 1 atom stereocenters. The highest BCUT2D eigenvalue weighted by atomic mass is 19.3. The normalized spacial score (nSPS) is 18.0. The van der Waals surface area contributed by atoms with Gasteiger partial charge in [0.15, 0.2) is 0 Å². The summed E-state index contributed by atoms with van der Waals surface area (Å²) in [7, 11) is 1.39. The van der Waals surface area contributed by atoms with Crippen molar-refractivity contribution >= 4 is 11.6 Å². The Morgan fingerprint density at radius 2 is 2.09 bits per heavy atom. The van der Waals surface area contributed by atoms with Gasteiger partial charge in [-0.25, -0.2) is 4.98 Å². The van der Waals surface area contributed by atoms with E-state index in [0.717, 1.165) is 38.8 Å². The zero-order chi connectivity index (χ0) is 24.4. The van der Waals surface area contributed by atoms with Crippen molar-refractivity contribution in [2.45, 2.75) is 38.3 Å². The molecule has 1 aliphatic carbocycles. The molecule has 8 nitrogen and oxygen atoms in total. The summed E-state index contributed by atoms with van der Waals surface area (Å²) in [4.78, 5) is 17.2. The van der Waals surface area contributed by atoms with Gasteiger partial charge in [0, 0.05) is 36.3 Å². The van der Waals surface area contributed by atoms with Crippen LogP contribution in [0.5, 0.6) is 17.2 Å². The van der Waals surface area contributed by atoms with E-state index in [1.54, 1.807) is 12.3 Å². The van der Waals surface area contributed by atoms with Gasteiger partial charge in [-0.1, -0.05) is 0 Å². The Morgan fingerprint density at radius 1 is 1.26 bits per heavy atom. The number of piperidine rings is 1. The number of hydrogen-bond donors (Lipinski definition) is 2. The van der Waals surface area contributed by atoms with Gasteiger partial charge in [-0.15, -0.1) is 0 Å². The van der Waals surface area contributed by atoms with Gasteiger partial charge in [0.05, 0.1) is 25.6 Å². The first-order valence-corrected chi connectivity index (χ1v) is 11.8. The fourth-order valence-electron chi connectivity index (χ4n) is 4.34. The molecule has 10 heteroatoms.